The molecule has 0 radical (unpaired) electrons. The number of halogens is 1. The smallest absolute Gasteiger partial charge is 0.228 e. The zero-order chi connectivity index (χ0) is 20.5. The van der Waals surface area contributed by atoms with Gasteiger partial charge in [0.1, 0.15) is 0 Å². The quantitative estimate of drug-likeness (QED) is 0.511. The van der Waals surface area contributed by atoms with E-state index in [2.05, 4.69) is 17.4 Å². The van der Waals surface area contributed by atoms with Gasteiger partial charge in [-0.15, -0.1) is 0 Å². The second-order valence-electron chi connectivity index (χ2n) is 7.05. The molecule has 4 rings (SSSR count). The third-order valence-electron chi connectivity index (χ3n) is 5.03. The Morgan fingerprint density at radius 1 is 1.00 bits per heavy atom. The van der Waals surface area contributed by atoms with E-state index in [0.29, 0.717) is 10.7 Å². The van der Waals surface area contributed by atoms with Crippen molar-refractivity contribution in [3.63, 3.8) is 0 Å². The van der Waals surface area contributed by atoms with Crippen molar-refractivity contribution in [1.29, 1.82) is 0 Å². The van der Waals surface area contributed by atoms with E-state index in [9.17, 15) is 4.79 Å². The van der Waals surface area contributed by atoms with E-state index in [1.54, 1.807) is 24.3 Å². The van der Waals surface area contributed by atoms with Crippen molar-refractivity contribution in [2.45, 2.75) is 27.2 Å². The summed E-state index contributed by atoms with van der Waals surface area (Å²) < 4.78 is 1.84. The summed E-state index contributed by atoms with van der Waals surface area (Å²) in [5, 5.41) is 8.24. The summed E-state index contributed by atoms with van der Waals surface area (Å²) in [7, 11) is 0. The first-order chi connectivity index (χ1) is 13.9. The number of aromatic nitrogens is 3. The van der Waals surface area contributed by atoms with Gasteiger partial charge in [0.2, 0.25) is 5.91 Å². The number of hydrogen-bond acceptors (Lipinski definition) is 3. The van der Waals surface area contributed by atoms with Crippen LogP contribution in [0.3, 0.4) is 0 Å². The number of fused-ring (bicyclic) bond motifs is 1. The number of aryl methyl sites for hydroxylation is 3. The van der Waals surface area contributed by atoms with Crippen molar-refractivity contribution >= 4 is 28.8 Å². The maximum absolute atomic E-state index is 12.6. The molecule has 6 heteroatoms. The molecule has 0 saturated heterocycles. The fourth-order valence-corrected chi connectivity index (χ4v) is 3.69. The number of carbonyl (C=O) groups excluding carboxylic acids is 1. The summed E-state index contributed by atoms with van der Waals surface area (Å²) in [6, 6.07) is 17.2. The predicted octanol–water partition coefficient (Wildman–Crippen LogP) is 5.16. The third kappa shape index (κ3) is 3.74. The first kappa shape index (κ1) is 19.2. The molecule has 0 aliphatic heterocycles. The van der Waals surface area contributed by atoms with E-state index in [1.807, 2.05) is 43.5 Å². The van der Waals surface area contributed by atoms with E-state index < -0.39 is 0 Å². The predicted molar refractivity (Wildman–Crippen MR) is 116 cm³/mol. The van der Waals surface area contributed by atoms with Gasteiger partial charge >= 0.3 is 0 Å². The van der Waals surface area contributed by atoms with Crippen molar-refractivity contribution in [2.24, 2.45) is 0 Å². The number of amides is 1. The largest absolute Gasteiger partial charge is 0.326 e. The maximum atomic E-state index is 12.6. The van der Waals surface area contributed by atoms with Crippen molar-refractivity contribution in [3.05, 3.63) is 82.3 Å². The lowest BCUT2D eigenvalue weighted by atomic mass is 10.1. The zero-order valence-corrected chi connectivity index (χ0v) is 17.3. The Kier molecular flexibility index (Phi) is 5.07. The molecule has 0 bridgehead atoms. The van der Waals surface area contributed by atoms with E-state index in [1.165, 1.54) is 0 Å². The molecule has 4 aromatic rings. The van der Waals surface area contributed by atoms with Gasteiger partial charge in [-0.3, -0.25) is 4.79 Å². The Bertz CT molecular complexity index is 1200. The molecular formula is C23H21ClN4O. The van der Waals surface area contributed by atoms with E-state index in [0.717, 1.165) is 39.4 Å². The van der Waals surface area contributed by atoms with Crippen molar-refractivity contribution in [1.82, 2.24) is 14.6 Å². The number of nitrogens with zero attached hydrogens (tertiary/aromatic N) is 3. The Balaban J connectivity index is 1.69. The summed E-state index contributed by atoms with van der Waals surface area (Å²) in [5.41, 5.74) is 7.17. The van der Waals surface area contributed by atoms with Gasteiger partial charge < -0.3 is 5.32 Å². The topological polar surface area (TPSA) is 59.3 Å². The fraction of sp³-hybridized carbons (Fsp3) is 0.174. The highest BCUT2D eigenvalue weighted by Gasteiger charge is 2.19. The first-order valence-electron chi connectivity index (χ1n) is 9.40. The molecule has 0 spiro atoms. The number of nitrogens with one attached hydrogen (secondary N) is 1. The Hall–Kier alpha value is -3.18. The van der Waals surface area contributed by atoms with Crippen LogP contribution in [0.2, 0.25) is 5.02 Å². The fourth-order valence-electron chi connectivity index (χ4n) is 3.57. The number of carbonyl (C=O) groups is 1. The maximum Gasteiger partial charge on any atom is 0.228 e. The van der Waals surface area contributed by atoms with Crippen LogP contribution in [0.4, 0.5) is 5.69 Å². The molecule has 2 aromatic carbocycles. The molecule has 5 nitrogen and oxygen atoms in total. The van der Waals surface area contributed by atoms with Gasteiger partial charge in [0.15, 0.2) is 5.65 Å². The summed E-state index contributed by atoms with van der Waals surface area (Å²) in [4.78, 5) is 17.4. The minimum Gasteiger partial charge on any atom is -0.326 e. The highest BCUT2D eigenvalue weighted by molar-refractivity contribution is 6.30. The SMILES string of the molecule is Cc1nc2c(-c3ccccc3)c(C)nn2c(C)c1CC(=O)Nc1ccc(Cl)cc1. The zero-order valence-electron chi connectivity index (χ0n) is 16.5. The van der Waals surface area contributed by atoms with Gasteiger partial charge in [0, 0.05) is 33.2 Å². The molecule has 1 amide bonds. The molecule has 146 valence electrons. The van der Waals surface area contributed by atoms with Crippen molar-refractivity contribution in [3.8, 4) is 11.1 Å². The Morgan fingerprint density at radius 3 is 2.38 bits per heavy atom. The molecule has 2 heterocycles. The average Bonchev–Trinajstić information content (AvgIpc) is 3.03. The lowest BCUT2D eigenvalue weighted by molar-refractivity contribution is -0.115. The molecule has 0 aliphatic rings. The van der Waals surface area contributed by atoms with Gasteiger partial charge in [-0.1, -0.05) is 41.9 Å². The summed E-state index contributed by atoms with van der Waals surface area (Å²) >= 11 is 5.90. The van der Waals surface area contributed by atoms with Gasteiger partial charge in [-0.2, -0.15) is 5.10 Å². The van der Waals surface area contributed by atoms with Crippen molar-refractivity contribution < 1.29 is 4.79 Å². The van der Waals surface area contributed by atoms with Crippen LogP contribution in [0.15, 0.2) is 54.6 Å². The number of anilines is 1. The molecule has 2 aromatic heterocycles. The van der Waals surface area contributed by atoms with Crippen LogP contribution in [0.5, 0.6) is 0 Å². The molecule has 0 atom stereocenters. The van der Waals surface area contributed by atoms with Gasteiger partial charge in [-0.25, -0.2) is 9.50 Å². The molecule has 0 fully saturated rings. The molecule has 29 heavy (non-hydrogen) atoms. The van der Waals surface area contributed by atoms with Gasteiger partial charge in [0.05, 0.1) is 12.1 Å². The monoisotopic (exact) mass is 404 g/mol. The summed E-state index contributed by atoms with van der Waals surface area (Å²) in [6.45, 7) is 5.90. The molecule has 0 unspecified atom stereocenters. The normalized spacial score (nSPS) is 11.0. The van der Waals surface area contributed by atoms with Crippen LogP contribution in [-0.2, 0) is 11.2 Å². The average molecular weight is 405 g/mol. The molecule has 0 saturated carbocycles. The minimum atomic E-state index is -0.105. The van der Waals surface area contributed by atoms with Gasteiger partial charge in [-0.05, 0) is 50.6 Å². The van der Waals surface area contributed by atoms with Crippen molar-refractivity contribution in [2.75, 3.05) is 5.32 Å². The van der Waals surface area contributed by atoms with Crippen LogP contribution in [0, 0.1) is 20.8 Å². The highest BCUT2D eigenvalue weighted by atomic mass is 35.5. The van der Waals surface area contributed by atoms with E-state index >= 15 is 0 Å². The van der Waals surface area contributed by atoms with Crippen LogP contribution < -0.4 is 5.32 Å². The van der Waals surface area contributed by atoms with Crippen LogP contribution in [0.1, 0.15) is 22.6 Å². The second-order valence-corrected chi connectivity index (χ2v) is 7.49. The first-order valence-corrected chi connectivity index (χ1v) is 9.78. The summed E-state index contributed by atoms with van der Waals surface area (Å²) in [6.07, 6.45) is 0.225. The highest BCUT2D eigenvalue weighted by Crippen LogP contribution is 2.29. The standard InChI is InChI=1S/C23H21ClN4O/c1-14-20(13-21(29)26-19-11-9-18(24)10-12-19)16(3)28-23(25-14)22(15(2)27-28)17-7-5-4-6-8-17/h4-12H,13H2,1-3H3,(H,26,29). The van der Waals surface area contributed by atoms with Crippen LogP contribution in [-0.4, -0.2) is 20.5 Å². The summed E-state index contributed by atoms with van der Waals surface area (Å²) in [5.74, 6) is -0.105. The third-order valence-corrected chi connectivity index (χ3v) is 5.28. The van der Waals surface area contributed by atoms with Gasteiger partial charge in [0.25, 0.3) is 0 Å². The van der Waals surface area contributed by atoms with Crippen LogP contribution >= 0.6 is 11.6 Å². The second kappa shape index (κ2) is 7.68. The Labute approximate surface area is 174 Å². The number of rotatable bonds is 4. The number of hydrogen-bond donors (Lipinski definition) is 1. The lowest BCUT2D eigenvalue weighted by Gasteiger charge is -2.12. The number of benzene rings is 2. The lowest BCUT2D eigenvalue weighted by Crippen LogP contribution is -2.17. The molecular weight excluding hydrogens is 384 g/mol. The van der Waals surface area contributed by atoms with E-state index in [4.69, 9.17) is 21.7 Å². The Morgan fingerprint density at radius 2 is 1.69 bits per heavy atom. The van der Waals surface area contributed by atoms with Crippen LogP contribution in [0.25, 0.3) is 16.8 Å². The molecule has 1 N–H and O–H groups in total. The van der Waals surface area contributed by atoms with E-state index in [-0.39, 0.29) is 12.3 Å². The molecule has 0 aliphatic carbocycles. The minimum absolute atomic E-state index is 0.105.